The molecule has 0 radical (unpaired) electrons. The highest BCUT2D eigenvalue weighted by atomic mass is 19.1. The summed E-state index contributed by atoms with van der Waals surface area (Å²) in [5.74, 6) is -1.82. The third kappa shape index (κ3) is 4.79. The second kappa shape index (κ2) is 9.76. The third-order valence-electron chi connectivity index (χ3n) is 6.04. The van der Waals surface area contributed by atoms with Crippen LogP contribution in [0.2, 0.25) is 0 Å². The van der Waals surface area contributed by atoms with E-state index in [0.29, 0.717) is 43.3 Å². The van der Waals surface area contributed by atoms with Gasteiger partial charge in [0, 0.05) is 32.4 Å². The summed E-state index contributed by atoms with van der Waals surface area (Å²) in [6, 6.07) is 4.87. The Kier molecular flexibility index (Phi) is 6.80. The lowest BCUT2D eigenvalue weighted by Crippen LogP contribution is -2.39. The van der Waals surface area contributed by atoms with Gasteiger partial charge in [-0.25, -0.2) is 14.4 Å². The van der Waals surface area contributed by atoms with Gasteiger partial charge in [0.05, 0.1) is 36.1 Å². The van der Waals surface area contributed by atoms with Gasteiger partial charge in [-0.15, -0.1) is 0 Å². The zero-order valence-corrected chi connectivity index (χ0v) is 18.8. The van der Waals surface area contributed by atoms with Crippen LogP contribution < -0.4 is 0 Å². The number of rotatable bonds is 6. The molecule has 1 N–H and O–H groups in total. The summed E-state index contributed by atoms with van der Waals surface area (Å²) in [6.45, 7) is 7.43. The molecule has 2 saturated heterocycles. The van der Waals surface area contributed by atoms with Crippen LogP contribution in [0, 0.1) is 19.7 Å². The molecule has 1 aromatic carbocycles. The number of carbonyl (C=O) groups is 2. The molecule has 4 rings (SSSR count). The molecule has 1 amide bonds. The zero-order valence-electron chi connectivity index (χ0n) is 18.8. The largest absolute Gasteiger partial charge is 0.507 e. The highest BCUT2D eigenvalue weighted by Crippen LogP contribution is 2.39. The number of hydrogen-bond donors (Lipinski definition) is 1. The number of likely N-dealkylation sites (tertiary alicyclic amines) is 1. The molecule has 9 heteroatoms. The number of nitrogens with zero attached hydrogens (tertiary/aromatic N) is 4. The Morgan fingerprint density at radius 3 is 2.67 bits per heavy atom. The van der Waals surface area contributed by atoms with Gasteiger partial charge in [0.2, 0.25) is 0 Å². The van der Waals surface area contributed by atoms with E-state index in [2.05, 4.69) is 14.9 Å². The maximum Gasteiger partial charge on any atom is 0.295 e. The average Bonchev–Trinajstić information content (AvgIpc) is 3.04. The molecule has 2 fully saturated rings. The standard InChI is InChI=1S/C24H27FN4O4/c1-15-19(14-26-16(2)27-15)22(30)20-21(17-5-3-6-18(25)13-17)29(24(32)23(20)31)8-4-7-28-9-11-33-12-10-28/h3,5-6,13-14,21,30H,4,7-12H2,1-2H3/t21-/m1/s1. The van der Waals surface area contributed by atoms with E-state index in [0.717, 1.165) is 19.6 Å². The van der Waals surface area contributed by atoms with Crippen molar-refractivity contribution in [1.82, 2.24) is 19.8 Å². The molecule has 1 aromatic heterocycles. The van der Waals surface area contributed by atoms with E-state index in [-0.39, 0.29) is 16.9 Å². The number of Topliss-reactive ketones (excluding diaryl/α,β-unsaturated/α-hetero) is 1. The fourth-order valence-corrected chi connectivity index (χ4v) is 4.38. The molecule has 2 aliphatic rings. The predicted octanol–water partition coefficient (Wildman–Crippen LogP) is 2.38. The quantitative estimate of drug-likeness (QED) is 0.407. The lowest BCUT2D eigenvalue weighted by Gasteiger charge is -2.29. The van der Waals surface area contributed by atoms with Crippen LogP contribution in [-0.4, -0.2) is 76.0 Å². The van der Waals surface area contributed by atoms with Gasteiger partial charge in [-0.2, -0.15) is 0 Å². The fourth-order valence-electron chi connectivity index (χ4n) is 4.38. The van der Waals surface area contributed by atoms with Crippen LogP contribution in [0.5, 0.6) is 0 Å². The Morgan fingerprint density at radius 1 is 1.21 bits per heavy atom. The van der Waals surface area contributed by atoms with Gasteiger partial charge in [-0.1, -0.05) is 12.1 Å². The first-order chi connectivity index (χ1) is 15.9. The number of ether oxygens (including phenoxy) is 1. The minimum absolute atomic E-state index is 0.0764. The Morgan fingerprint density at radius 2 is 1.97 bits per heavy atom. The minimum Gasteiger partial charge on any atom is -0.507 e. The molecule has 8 nitrogen and oxygen atoms in total. The van der Waals surface area contributed by atoms with E-state index in [1.54, 1.807) is 19.9 Å². The third-order valence-corrected chi connectivity index (χ3v) is 6.04. The summed E-state index contributed by atoms with van der Waals surface area (Å²) in [5.41, 5.74) is 1.10. The van der Waals surface area contributed by atoms with Crippen LogP contribution >= 0.6 is 0 Å². The van der Waals surface area contributed by atoms with Crippen LogP contribution in [0.15, 0.2) is 36.0 Å². The first-order valence-corrected chi connectivity index (χ1v) is 11.0. The number of amides is 1. The molecular formula is C24H27FN4O4. The summed E-state index contributed by atoms with van der Waals surface area (Å²) in [7, 11) is 0. The summed E-state index contributed by atoms with van der Waals surface area (Å²) in [5, 5.41) is 11.1. The van der Waals surface area contributed by atoms with Gasteiger partial charge < -0.3 is 14.7 Å². The molecule has 1 atom stereocenters. The van der Waals surface area contributed by atoms with Gasteiger partial charge in [-0.05, 0) is 38.0 Å². The Balaban J connectivity index is 1.70. The van der Waals surface area contributed by atoms with Crippen molar-refractivity contribution in [3.63, 3.8) is 0 Å². The van der Waals surface area contributed by atoms with E-state index in [4.69, 9.17) is 4.74 Å². The minimum atomic E-state index is -0.897. The molecule has 0 spiro atoms. The van der Waals surface area contributed by atoms with Gasteiger partial charge in [0.1, 0.15) is 17.4 Å². The number of aliphatic hydroxyl groups is 1. The highest BCUT2D eigenvalue weighted by Gasteiger charge is 2.46. The van der Waals surface area contributed by atoms with Gasteiger partial charge in [-0.3, -0.25) is 14.5 Å². The fraction of sp³-hybridized carbons (Fsp3) is 0.417. The molecule has 0 saturated carbocycles. The second-order valence-electron chi connectivity index (χ2n) is 8.27. The van der Waals surface area contributed by atoms with E-state index in [1.807, 2.05) is 0 Å². The molecule has 174 valence electrons. The van der Waals surface area contributed by atoms with Crippen LogP contribution in [0.4, 0.5) is 4.39 Å². The van der Waals surface area contributed by atoms with Crippen molar-refractivity contribution in [1.29, 1.82) is 0 Å². The molecule has 0 bridgehead atoms. The second-order valence-corrected chi connectivity index (χ2v) is 8.27. The van der Waals surface area contributed by atoms with Crippen molar-refractivity contribution in [2.24, 2.45) is 0 Å². The maximum atomic E-state index is 14.1. The van der Waals surface area contributed by atoms with Crippen molar-refractivity contribution in [2.75, 3.05) is 39.4 Å². The summed E-state index contributed by atoms with van der Waals surface area (Å²) in [6.07, 6.45) is 2.06. The van der Waals surface area contributed by atoms with Crippen LogP contribution in [0.25, 0.3) is 5.76 Å². The average molecular weight is 455 g/mol. The normalized spacial score (nSPS) is 21.1. The van der Waals surface area contributed by atoms with E-state index < -0.39 is 23.5 Å². The smallest absolute Gasteiger partial charge is 0.295 e. The number of ketones is 1. The molecular weight excluding hydrogens is 427 g/mol. The number of aliphatic hydroxyl groups excluding tert-OH is 1. The van der Waals surface area contributed by atoms with Crippen molar-refractivity contribution >= 4 is 17.4 Å². The SMILES string of the molecule is Cc1ncc(C(O)=C2C(=O)C(=O)N(CCCN3CCOCC3)[C@@H]2c2cccc(F)c2)c(C)n1. The first kappa shape index (κ1) is 23.0. The van der Waals surface area contributed by atoms with E-state index >= 15 is 0 Å². The molecule has 0 aliphatic carbocycles. The molecule has 33 heavy (non-hydrogen) atoms. The number of aromatic nitrogens is 2. The Labute approximate surface area is 191 Å². The summed E-state index contributed by atoms with van der Waals surface area (Å²) < 4.78 is 19.5. The van der Waals surface area contributed by atoms with Crippen molar-refractivity contribution in [2.45, 2.75) is 26.3 Å². The van der Waals surface area contributed by atoms with Crippen LogP contribution in [0.3, 0.4) is 0 Å². The van der Waals surface area contributed by atoms with Crippen molar-refractivity contribution in [3.8, 4) is 0 Å². The lowest BCUT2D eigenvalue weighted by molar-refractivity contribution is -0.140. The zero-order chi connectivity index (χ0) is 23.5. The van der Waals surface area contributed by atoms with Crippen LogP contribution in [0.1, 0.15) is 35.1 Å². The number of benzene rings is 1. The van der Waals surface area contributed by atoms with E-state index in [1.165, 1.54) is 29.3 Å². The van der Waals surface area contributed by atoms with Gasteiger partial charge in [0.25, 0.3) is 11.7 Å². The Hall–Kier alpha value is -3.17. The molecule has 2 aromatic rings. The predicted molar refractivity (Wildman–Crippen MR) is 119 cm³/mol. The highest BCUT2D eigenvalue weighted by molar-refractivity contribution is 6.46. The number of hydrogen-bond acceptors (Lipinski definition) is 7. The topological polar surface area (TPSA) is 95.9 Å². The number of aryl methyl sites for hydroxylation is 2. The monoisotopic (exact) mass is 454 g/mol. The van der Waals surface area contributed by atoms with Crippen molar-refractivity contribution in [3.05, 3.63) is 64.5 Å². The van der Waals surface area contributed by atoms with E-state index in [9.17, 15) is 19.1 Å². The lowest BCUT2D eigenvalue weighted by atomic mass is 9.95. The molecule has 0 unspecified atom stereocenters. The van der Waals surface area contributed by atoms with Crippen LogP contribution in [-0.2, 0) is 14.3 Å². The molecule has 3 heterocycles. The van der Waals surface area contributed by atoms with Gasteiger partial charge in [0.15, 0.2) is 0 Å². The number of morpholine rings is 1. The molecule has 2 aliphatic heterocycles. The maximum absolute atomic E-state index is 14.1. The Bertz CT molecular complexity index is 1100. The van der Waals surface area contributed by atoms with Gasteiger partial charge >= 0.3 is 0 Å². The summed E-state index contributed by atoms with van der Waals surface area (Å²) in [4.78, 5) is 38.1. The van der Waals surface area contributed by atoms with Crippen molar-refractivity contribution < 1.29 is 23.8 Å². The number of halogens is 1. The number of carbonyl (C=O) groups excluding carboxylic acids is 2. The summed E-state index contributed by atoms with van der Waals surface area (Å²) >= 11 is 0. The first-order valence-electron chi connectivity index (χ1n) is 11.0.